The first kappa shape index (κ1) is 11.4. The SMILES string of the molecule is C#CCN1C(=O)Cc2cc(C(=O)CC)ccc21. The van der Waals surface area contributed by atoms with Crippen molar-refractivity contribution in [3.8, 4) is 12.3 Å². The van der Waals surface area contributed by atoms with Crippen molar-refractivity contribution in [1.82, 2.24) is 0 Å². The summed E-state index contributed by atoms with van der Waals surface area (Å²) < 4.78 is 0. The van der Waals surface area contributed by atoms with Crippen LogP contribution in [0.5, 0.6) is 0 Å². The summed E-state index contributed by atoms with van der Waals surface area (Å²) in [5.74, 6) is 2.56. The number of Topliss-reactive ketones (excluding diaryl/α,β-unsaturated/α-hetero) is 1. The molecule has 0 fully saturated rings. The van der Waals surface area contributed by atoms with Crippen LogP contribution in [0.25, 0.3) is 0 Å². The van der Waals surface area contributed by atoms with Gasteiger partial charge < -0.3 is 4.90 Å². The van der Waals surface area contributed by atoms with E-state index in [9.17, 15) is 9.59 Å². The average molecular weight is 227 g/mol. The van der Waals surface area contributed by atoms with Crippen molar-refractivity contribution >= 4 is 17.4 Å². The number of benzene rings is 1. The first-order valence-electron chi connectivity index (χ1n) is 5.57. The Morgan fingerprint density at radius 1 is 1.53 bits per heavy atom. The maximum Gasteiger partial charge on any atom is 0.232 e. The number of hydrogen-bond acceptors (Lipinski definition) is 2. The fourth-order valence-corrected chi connectivity index (χ4v) is 2.03. The Morgan fingerprint density at radius 2 is 2.29 bits per heavy atom. The molecule has 0 radical (unpaired) electrons. The summed E-state index contributed by atoms with van der Waals surface area (Å²) >= 11 is 0. The van der Waals surface area contributed by atoms with E-state index in [1.807, 2.05) is 6.92 Å². The van der Waals surface area contributed by atoms with Crippen LogP contribution in [0.4, 0.5) is 5.69 Å². The van der Waals surface area contributed by atoms with Crippen molar-refractivity contribution in [2.24, 2.45) is 0 Å². The molecule has 0 unspecified atom stereocenters. The van der Waals surface area contributed by atoms with Gasteiger partial charge in [-0.1, -0.05) is 12.8 Å². The number of fused-ring (bicyclic) bond motifs is 1. The summed E-state index contributed by atoms with van der Waals surface area (Å²) in [6.45, 7) is 2.11. The van der Waals surface area contributed by atoms with Gasteiger partial charge in [-0.05, 0) is 23.8 Å². The molecule has 1 aliphatic rings. The molecule has 1 aliphatic heterocycles. The van der Waals surface area contributed by atoms with Crippen LogP contribution in [0, 0.1) is 12.3 Å². The maximum absolute atomic E-state index is 11.7. The summed E-state index contributed by atoms with van der Waals surface area (Å²) in [6.07, 6.45) is 6.04. The molecule has 0 saturated heterocycles. The van der Waals surface area contributed by atoms with Crippen LogP contribution < -0.4 is 4.90 Å². The highest BCUT2D eigenvalue weighted by Gasteiger charge is 2.26. The molecule has 17 heavy (non-hydrogen) atoms. The van der Waals surface area contributed by atoms with Crippen molar-refractivity contribution in [2.75, 3.05) is 11.4 Å². The molecule has 3 nitrogen and oxygen atoms in total. The van der Waals surface area contributed by atoms with Gasteiger partial charge in [0.15, 0.2) is 5.78 Å². The van der Waals surface area contributed by atoms with Crippen LogP contribution in [0.1, 0.15) is 29.3 Å². The fourth-order valence-electron chi connectivity index (χ4n) is 2.03. The lowest BCUT2D eigenvalue weighted by molar-refractivity contribution is -0.117. The normalized spacial score (nSPS) is 13.4. The third kappa shape index (κ3) is 1.94. The van der Waals surface area contributed by atoms with Crippen molar-refractivity contribution in [3.05, 3.63) is 29.3 Å². The first-order chi connectivity index (χ1) is 8.17. The molecule has 3 heteroatoms. The number of hydrogen-bond donors (Lipinski definition) is 0. The average Bonchev–Trinajstić information content (AvgIpc) is 2.64. The molecule has 1 heterocycles. The molecule has 0 aromatic heterocycles. The molecule has 1 amide bonds. The Bertz CT molecular complexity index is 526. The Balaban J connectivity index is 2.38. The Labute approximate surface area is 100 Å². The number of rotatable bonds is 3. The Morgan fingerprint density at radius 3 is 2.94 bits per heavy atom. The van der Waals surface area contributed by atoms with E-state index in [1.54, 1.807) is 23.1 Å². The maximum atomic E-state index is 11.7. The van der Waals surface area contributed by atoms with E-state index in [1.165, 1.54) is 0 Å². The number of ketones is 1. The summed E-state index contributed by atoms with van der Waals surface area (Å²) in [7, 11) is 0. The minimum atomic E-state index is -0.000882. The third-order valence-electron chi connectivity index (χ3n) is 2.91. The second-order valence-electron chi connectivity index (χ2n) is 3.98. The largest absolute Gasteiger partial charge is 0.300 e. The number of carbonyl (C=O) groups excluding carboxylic acids is 2. The van der Waals surface area contributed by atoms with Gasteiger partial charge in [-0.15, -0.1) is 6.42 Å². The minimum Gasteiger partial charge on any atom is -0.300 e. The summed E-state index contributed by atoms with van der Waals surface area (Å²) in [6, 6.07) is 5.36. The standard InChI is InChI=1S/C14H13NO2/c1-3-7-15-12-6-5-10(13(16)4-2)8-11(12)9-14(15)17/h1,5-6,8H,4,7,9H2,2H3. The van der Waals surface area contributed by atoms with Crippen molar-refractivity contribution in [2.45, 2.75) is 19.8 Å². The second kappa shape index (κ2) is 4.42. The molecule has 0 atom stereocenters. The highest BCUT2D eigenvalue weighted by atomic mass is 16.2. The zero-order valence-electron chi connectivity index (χ0n) is 9.69. The summed E-state index contributed by atoms with van der Waals surface area (Å²) in [5, 5.41) is 0. The molecule has 86 valence electrons. The zero-order valence-corrected chi connectivity index (χ0v) is 9.69. The highest BCUT2D eigenvalue weighted by molar-refractivity contribution is 6.03. The monoisotopic (exact) mass is 227 g/mol. The van der Waals surface area contributed by atoms with Crippen molar-refractivity contribution in [1.29, 1.82) is 0 Å². The quantitative estimate of drug-likeness (QED) is 0.583. The van der Waals surface area contributed by atoms with Crippen LogP contribution in [-0.2, 0) is 11.2 Å². The molecule has 0 saturated carbocycles. The third-order valence-corrected chi connectivity index (χ3v) is 2.91. The van der Waals surface area contributed by atoms with E-state index in [4.69, 9.17) is 6.42 Å². The fraction of sp³-hybridized carbons (Fsp3) is 0.286. The van der Waals surface area contributed by atoms with Crippen LogP contribution >= 0.6 is 0 Å². The lowest BCUT2D eigenvalue weighted by Gasteiger charge is -2.13. The van der Waals surface area contributed by atoms with E-state index in [0.717, 1.165) is 11.3 Å². The number of nitrogens with zero attached hydrogens (tertiary/aromatic N) is 1. The lowest BCUT2D eigenvalue weighted by atomic mass is 10.0. The molecule has 2 rings (SSSR count). The number of anilines is 1. The summed E-state index contributed by atoms with van der Waals surface area (Å²) in [5.41, 5.74) is 2.40. The van der Waals surface area contributed by atoms with Gasteiger partial charge in [0.2, 0.25) is 5.91 Å². The van der Waals surface area contributed by atoms with E-state index in [2.05, 4.69) is 5.92 Å². The molecule has 1 aromatic carbocycles. The molecule has 0 N–H and O–H groups in total. The van der Waals surface area contributed by atoms with Gasteiger partial charge in [0, 0.05) is 17.7 Å². The van der Waals surface area contributed by atoms with Gasteiger partial charge in [0.05, 0.1) is 13.0 Å². The van der Waals surface area contributed by atoms with Crippen LogP contribution in [0.3, 0.4) is 0 Å². The predicted molar refractivity (Wildman–Crippen MR) is 66.0 cm³/mol. The van der Waals surface area contributed by atoms with Gasteiger partial charge >= 0.3 is 0 Å². The molecular weight excluding hydrogens is 214 g/mol. The van der Waals surface area contributed by atoms with Crippen LogP contribution in [-0.4, -0.2) is 18.2 Å². The smallest absolute Gasteiger partial charge is 0.232 e. The number of carbonyl (C=O) groups is 2. The second-order valence-corrected chi connectivity index (χ2v) is 3.98. The molecular formula is C14H13NO2. The minimum absolute atomic E-state index is 0.000882. The van der Waals surface area contributed by atoms with Crippen molar-refractivity contribution < 1.29 is 9.59 Å². The van der Waals surface area contributed by atoms with Crippen molar-refractivity contribution in [3.63, 3.8) is 0 Å². The van der Waals surface area contributed by atoms with Gasteiger partial charge in [-0.25, -0.2) is 0 Å². The van der Waals surface area contributed by atoms with Gasteiger partial charge in [-0.3, -0.25) is 9.59 Å². The molecule has 0 aliphatic carbocycles. The number of terminal acetylenes is 1. The van der Waals surface area contributed by atoms with E-state index in [-0.39, 0.29) is 18.2 Å². The topological polar surface area (TPSA) is 37.4 Å². The highest BCUT2D eigenvalue weighted by Crippen LogP contribution is 2.29. The molecule has 0 bridgehead atoms. The zero-order chi connectivity index (χ0) is 12.4. The van der Waals surface area contributed by atoms with E-state index >= 15 is 0 Å². The van der Waals surface area contributed by atoms with Gasteiger partial charge in [0.25, 0.3) is 0 Å². The van der Waals surface area contributed by atoms with Gasteiger partial charge in [-0.2, -0.15) is 0 Å². The lowest BCUT2D eigenvalue weighted by Crippen LogP contribution is -2.26. The molecule has 1 aromatic rings. The van der Waals surface area contributed by atoms with Gasteiger partial charge in [0.1, 0.15) is 0 Å². The van der Waals surface area contributed by atoms with E-state index in [0.29, 0.717) is 18.4 Å². The first-order valence-corrected chi connectivity index (χ1v) is 5.57. The van der Waals surface area contributed by atoms with E-state index < -0.39 is 0 Å². The Hall–Kier alpha value is -2.08. The summed E-state index contributed by atoms with van der Waals surface area (Å²) in [4.78, 5) is 24.9. The molecule has 0 spiro atoms. The Kier molecular flexibility index (Phi) is 2.97. The number of amides is 1. The van der Waals surface area contributed by atoms with Crippen LogP contribution in [0.2, 0.25) is 0 Å². The van der Waals surface area contributed by atoms with Crippen LogP contribution in [0.15, 0.2) is 18.2 Å². The predicted octanol–water partition coefficient (Wildman–Crippen LogP) is 1.80.